The van der Waals surface area contributed by atoms with Crippen LogP contribution < -0.4 is 5.32 Å². The Bertz CT molecular complexity index is 808. The zero-order chi connectivity index (χ0) is 16.2. The van der Waals surface area contributed by atoms with Crippen molar-refractivity contribution in [1.82, 2.24) is 14.7 Å². The lowest BCUT2D eigenvalue weighted by molar-refractivity contribution is 0.0398. The number of nitrogens with zero attached hydrogens (tertiary/aromatic N) is 3. The first kappa shape index (κ1) is 15.2. The Morgan fingerprint density at radius 2 is 1.83 bits per heavy atom. The largest absolute Gasteiger partial charge is 0.379 e. The van der Waals surface area contributed by atoms with Crippen LogP contribution in [0.5, 0.6) is 0 Å². The van der Waals surface area contributed by atoms with E-state index in [-0.39, 0.29) is 0 Å². The Hall–Kier alpha value is -2.37. The number of aromatic nitrogens is 2. The summed E-state index contributed by atoms with van der Waals surface area (Å²) in [6.45, 7) is 5.65. The fraction of sp³-hybridized carbons (Fsp3) is 0.316. The van der Waals surface area contributed by atoms with Crippen LogP contribution in [0.4, 0.5) is 5.82 Å². The predicted octanol–water partition coefficient (Wildman–Crippen LogP) is 2.77. The van der Waals surface area contributed by atoms with Crippen molar-refractivity contribution in [1.29, 1.82) is 0 Å². The van der Waals surface area contributed by atoms with E-state index in [1.807, 2.05) is 16.9 Å². The standard InChI is InChI=1S/C19H22N4O/c1-2-4-17-15-18(6-5-16(17)3-1)23-9-7-19(21-23)20-8-10-22-11-13-24-14-12-22/h1-7,9,15H,8,10-14H2,(H,20,21). The van der Waals surface area contributed by atoms with E-state index in [1.165, 1.54) is 10.8 Å². The minimum atomic E-state index is 0.844. The van der Waals surface area contributed by atoms with Crippen molar-refractivity contribution in [2.75, 3.05) is 44.7 Å². The monoisotopic (exact) mass is 322 g/mol. The molecule has 1 aromatic heterocycles. The van der Waals surface area contributed by atoms with Gasteiger partial charge < -0.3 is 10.1 Å². The highest BCUT2D eigenvalue weighted by molar-refractivity contribution is 5.84. The number of morpholine rings is 1. The van der Waals surface area contributed by atoms with Crippen molar-refractivity contribution in [3.05, 3.63) is 54.7 Å². The highest BCUT2D eigenvalue weighted by Gasteiger charge is 2.09. The number of benzene rings is 2. The summed E-state index contributed by atoms with van der Waals surface area (Å²) in [4.78, 5) is 2.41. The number of nitrogens with one attached hydrogen (secondary N) is 1. The molecule has 1 aliphatic rings. The van der Waals surface area contributed by atoms with Gasteiger partial charge >= 0.3 is 0 Å². The normalized spacial score (nSPS) is 15.7. The molecule has 24 heavy (non-hydrogen) atoms. The number of hydrogen-bond donors (Lipinski definition) is 1. The summed E-state index contributed by atoms with van der Waals surface area (Å²) in [7, 11) is 0. The van der Waals surface area contributed by atoms with E-state index in [9.17, 15) is 0 Å². The molecule has 0 aliphatic carbocycles. The molecule has 0 saturated carbocycles. The summed E-state index contributed by atoms with van der Waals surface area (Å²) in [6.07, 6.45) is 2.00. The average molecular weight is 322 g/mol. The topological polar surface area (TPSA) is 42.3 Å². The molecule has 0 atom stereocenters. The summed E-state index contributed by atoms with van der Waals surface area (Å²) in [5.41, 5.74) is 1.08. The molecule has 0 unspecified atom stereocenters. The lowest BCUT2D eigenvalue weighted by atomic mass is 10.1. The van der Waals surface area contributed by atoms with Crippen LogP contribution in [0, 0.1) is 0 Å². The van der Waals surface area contributed by atoms with E-state index < -0.39 is 0 Å². The fourth-order valence-corrected chi connectivity index (χ4v) is 3.05. The van der Waals surface area contributed by atoms with Gasteiger partial charge in [0.1, 0.15) is 5.82 Å². The van der Waals surface area contributed by atoms with Gasteiger partial charge in [-0.3, -0.25) is 4.90 Å². The van der Waals surface area contributed by atoms with Gasteiger partial charge in [0.25, 0.3) is 0 Å². The van der Waals surface area contributed by atoms with Crippen LogP contribution in [-0.4, -0.2) is 54.1 Å². The van der Waals surface area contributed by atoms with Gasteiger partial charge in [0.05, 0.1) is 18.9 Å². The number of ether oxygens (including phenoxy) is 1. The Morgan fingerprint density at radius 3 is 2.71 bits per heavy atom. The van der Waals surface area contributed by atoms with E-state index in [2.05, 4.69) is 57.8 Å². The SMILES string of the molecule is c1ccc2cc(-n3ccc(NCCN4CCOCC4)n3)ccc2c1. The van der Waals surface area contributed by atoms with Crippen LogP contribution in [0.2, 0.25) is 0 Å². The minimum Gasteiger partial charge on any atom is -0.379 e. The van der Waals surface area contributed by atoms with Gasteiger partial charge in [-0.25, -0.2) is 4.68 Å². The van der Waals surface area contributed by atoms with Crippen LogP contribution >= 0.6 is 0 Å². The molecule has 5 nitrogen and oxygen atoms in total. The summed E-state index contributed by atoms with van der Waals surface area (Å²) >= 11 is 0. The van der Waals surface area contributed by atoms with Crippen LogP contribution in [0.3, 0.4) is 0 Å². The molecule has 1 aliphatic heterocycles. The fourth-order valence-electron chi connectivity index (χ4n) is 3.05. The Labute approximate surface area is 141 Å². The third kappa shape index (κ3) is 3.42. The molecular weight excluding hydrogens is 300 g/mol. The molecule has 0 bridgehead atoms. The molecule has 0 spiro atoms. The van der Waals surface area contributed by atoms with Gasteiger partial charge in [0.2, 0.25) is 0 Å². The third-order valence-electron chi connectivity index (χ3n) is 4.42. The molecule has 1 fully saturated rings. The average Bonchev–Trinajstić information content (AvgIpc) is 3.11. The molecule has 2 heterocycles. The lowest BCUT2D eigenvalue weighted by Gasteiger charge is -2.26. The first-order chi connectivity index (χ1) is 11.9. The first-order valence-corrected chi connectivity index (χ1v) is 8.47. The maximum atomic E-state index is 5.37. The van der Waals surface area contributed by atoms with Gasteiger partial charge in [-0.15, -0.1) is 0 Å². The quantitative estimate of drug-likeness (QED) is 0.784. The maximum absolute atomic E-state index is 5.37. The molecule has 3 aromatic rings. The van der Waals surface area contributed by atoms with E-state index in [0.29, 0.717) is 0 Å². The molecule has 4 rings (SSSR count). The molecule has 1 saturated heterocycles. The zero-order valence-electron chi connectivity index (χ0n) is 13.7. The van der Waals surface area contributed by atoms with E-state index in [1.54, 1.807) is 0 Å². The van der Waals surface area contributed by atoms with Gasteiger partial charge in [-0.2, -0.15) is 5.10 Å². The second-order valence-corrected chi connectivity index (χ2v) is 6.06. The summed E-state index contributed by atoms with van der Waals surface area (Å²) in [6, 6.07) is 16.8. The minimum absolute atomic E-state index is 0.844. The van der Waals surface area contributed by atoms with Crippen molar-refractivity contribution < 1.29 is 4.74 Å². The van der Waals surface area contributed by atoms with Crippen molar-refractivity contribution in [3.63, 3.8) is 0 Å². The van der Waals surface area contributed by atoms with Crippen LogP contribution in [0.15, 0.2) is 54.7 Å². The molecule has 124 valence electrons. The second kappa shape index (κ2) is 7.03. The van der Waals surface area contributed by atoms with Crippen molar-refractivity contribution >= 4 is 16.6 Å². The molecular formula is C19H22N4O. The van der Waals surface area contributed by atoms with Crippen LogP contribution in [-0.2, 0) is 4.74 Å². The number of fused-ring (bicyclic) bond motifs is 1. The Morgan fingerprint density at radius 1 is 1.00 bits per heavy atom. The van der Waals surface area contributed by atoms with Crippen molar-refractivity contribution in [2.24, 2.45) is 0 Å². The van der Waals surface area contributed by atoms with E-state index in [0.717, 1.165) is 50.9 Å². The summed E-state index contributed by atoms with van der Waals surface area (Å²) < 4.78 is 7.29. The molecule has 5 heteroatoms. The Balaban J connectivity index is 1.40. The highest BCUT2D eigenvalue weighted by Crippen LogP contribution is 2.18. The highest BCUT2D eigenvalue weighted by atomic mass is 16.5. The third-order valence-corrected chi connectivity index (χ3v) is 4.42. The molecule has 2 aromatic carbocycles. The number of rotatable bonds is 5. The molecule has 1 N–H and O–H groups in total. The van der Waals surface area contributed by atoms with Gasteiger partial charge in [0.15, 0.2) is 0 Å². The van der Waals surface area contributed by atoms with Gasteiger partial charge in [0, 0.05) is 38.4 Å². The predicted molar refractivity (Wildman–Crippen MR) is 96.8 cm³/mol. The maximum Gasteiger partial charge on any atom is 0.148 e. The Kier molecular flexibility index (Phi) is 4.44. The summed E-state index contributed by atoms with van der Waals surface area (Å²) in [5.74, 6) is 0.913. The lowest BCUT2D eigenvalue weighted by Crippen LogP contribution is -2.39. The van der Waals surface area contributed by atoms with Crippen molar-refractivity contribution in [3.8, 4) is 5.69 Å². The first-order valence-electron chi connectivity index (χ1n) is 8.47. The van der Waals surface area contributed by atoms with Gasteiger partial charge in [-0.1, -0.05) is 30.3 Å². The van der Waals surface area contributed by atoms with Crippen molar-refractivity contribution in [2.45, 2.75) is 0 Å². The van der Waals surface area contributed by atoms with E-state index in [4.69, 9.17) is 4.74 Å². The molecule has 0 radical (unpaired) electrons. The molecule has 0 amide bonds. The number of hydrogen-bond acceptors (Lipinski definition) is 4. The van der Waals surface area contributed by atoms with Gasteiger partial charge in [-0.05, 0) is 22.9 Å². The van der Waals surface area contributed by atoms with Crippen LogP contribution in [0.1, 0.15) is 0 Å². The number of anilines is 1. The zero-order valence-corrected chi connectivity index (χ0v) is 13.7. The van der Waals surface area contributed by atoms with E-state index >= 15 is 0 Å². The second-order valence-electron chi connectivity index (χ2n) is 6.06. The smallest absolute Gasteiger partial charge is 0.148 e. The van der Waals surface area contributed by atoms with Crippen LogP contribution in [0.25, 0.3) is 16.5 Å². The summed E-state index contributed by atoms with van der Waals surface area (Å²) in [5, 5.41) is 10.5.